The van der Waals surface area contributed by atoms with Crippen LogP contribution in [0.25, 0.3) is 10.9 Å². The van der Waals surface area contributed by atoms with Crippen molar-refractivity contribution in [1.82, 2.24) is 4.98 Å². The highest BCUT2D eigenvalue weighted by atomic mass is 32.2. The zero-order valence-electron chi connectivity index (χ0n) is 15.1. The highest BCUT2D eigenvalue weighted by Crippen LogP contribution is 2.14. The average Bonchev–Trinajstić information content (AvgIpc) is 2.59. The van der Waals surface area contributed by atoms with Crippen LogP contribution in [0.3, 0.4) is 0 Å². The van der Waals surface area contributed by atoms with E-state index in [4.69, 9.17) is 0 Å². The molecule has 0 amide bonds. The van der Waals surface area contributed by atoms with E-state index in [1.165, 1.54) is 0 Å². The molecule has 1 aromatic heterocycles. The summed E-state index contributed by atoms with van der Waals surface area (Å²) in [5, 5.41) is 0.789. The Morgan fingerprint density at radius 1 is 1.00 bits per heavy atom. The van der Waals surface area contributed by atoms with Gasteiger partial charge in [-0.2, -0.15) is 0 Å². The van der Waals surface area contributed by atoms with Crippen LogP contribution in [0.5, 0.6) is 0 Å². The predicted octanol–water partition coefficient (Wildman–Crippen LogP) is 4.12. The summed E-state index contributed by atoms with van der Waals surface area (Å²) >= 11 is 0. The second-order valence-corrected chi connectivity index (χ2v) is 9.44. The lowest BCUT2D eigenvalue weighted by Crippen LogP contribution is -2.17. The smallest absolute Gasteiger partial charge is 0.152 e. The van der Waals surface area contributed by atoms with Crippen molar-refractivity contribution in [2.75, 3.05) is 5.75 Å². The van der Waals surface area contributed by atoms with Gasteiger partial charge in [0, 0.05) is 23.9 Å². The summed E-state index contributed by atoms with van der Waals surface area (Å²) in [6, 6.07) is 12.0. The average molecular weight is 362 g/mol. The summed E-state index contributed by atoms with van der Waals surface area (Å²) in [7, 11) is -2.96. The number of carbonyl (C=O) groups excluding carboxylic acids is 1. The van der Waals surface area contributed by atoms with E-state index in [9.17, 15) is 13.2 Å². The van der Waals surface area contributed by atoms with Crippen LogP contribution < -0.4 is 0 Å². The van der Waals surface area contributed by atoms with E-state index in [0.717, 1.165) is 29.4 Å². The van der Waals surface area contributed by atoms with E-state index in [1.54, 1.807) is 13.8 Å². The van der Waals surface area contributed by atoms with Gasteiger partial charge in [-0.05, 0) is 45.2 Å². The lowest BCUT2D eigenvalue weighted by molar-refractivity contribution is -0.119. The molecular formula is C20H27NO3S. The number of Topliss-reactive ketones (excluding diaryl/α,β-unsaturated/α-hetero) is 1. The van der Waals surface area contributed by atoms with Crippen LogP contribution in [0.4, 0.5) is 0 Å². The third-order valence-corrected chi connectivity index (χ3v) is 6.71. The first kappa shape index (κ1) is 19.6. The number of hydrogen-bond acceptors (Lipinski definition) is 4. The van der Waals surface area contributed by atoms with Crippen LogP contribution in [0.1, 0.15) is 51.6 Å². The molecule has 0 fully saturated rings. The maximum Gasteiger partial charge on any atom is 0.152 e. The number of para-hydroxylation sites is 1. The van der Waals surface area contributed by atoms with Gasteiger partial charge in [-0.1, -0.05) is 30.7 Å². The van der Waals surface area contributed by atoms with Crippen molar-refractivity contribution in [1.29, 1.82) is 0 Å². The van der Waals surface area contributed by atoms with Crippen LogP contribution in [0.15, 0.2) is 36.4 Å². The minimum Gasteiger partial charge on any atom is -0.300 e. The van der Waals surface area contributed by atoms with Crippen LogP contribution in [0.2, 0.25) is 0 Å². The summed E-state index contributed by atoms with van der Waals surface area (Å²) in [6.07, 6.45) is 3.86. The highest BCUT2D eigenvalue weighted by Gasteiger charge is 2.15. The minimum atomic E-state index is -2.96. The molecule has 0 radical (unpaired) electrons. The van der Waals surface area contributed by atoms with Gasteiger partial charge in [0.05, 0.1) is 16.5 Å². The van der Waals surface area contributed by atoms with Crippen molar-refractivity contribution in [3.05, 3.63) is 42.1 Å². The van der Waals surface area contributed by atoms with Crippen LogP contribution in [-0.4, -0.2) is 30.2 Å². The lowest BCUT2D eigenvalue weighted by atomic mass is 10.1. The number of unbranched alkanes of at least 4 members (excludes halogenated alkanes) is 2. The number of hydrogen-bond donors (Lipinski definition) is 0. The van der Waals surface area contributed by atoms with Gasteiger partial charge in [-0.3, -0.25) is 9.78 Å². The van der Waals surface area contributed by atoms with Crippen LogP contribution in [0, 0.1) is 0 Å². The number of benzene rings is 1. The molecule has 0 unspecified atom stereocenters. The van der Waals surface area contributed by atoms with Gasteiger partial charge < -0.3 is 0 Å². The minimum absolute atomic E-state index is 0.222. The van der Waals surface area contributed by atoms with Gasteiger partial charge >= 0.3 is 0 Å². The summed E-state index contributed by atoms with van der Waals surface area (Å²) in [6.45, 7) is 3.42. The van der Waals surface area contributed by atoms with E-state index < -0.39 is 9.84 Å². The summed E-state index contributed by atoms with van der Waals surface area (Å²) in [5.74, 6) is 0.446. The Labute approximate surface area is 150 Å². The van der Waals surface area contributed by atoms with Gasteiger partial charge in [0.15, 0.2) is 9.84 Å². The molecule has 2 rings (SSSR count). The number of carbonyl (C=O) groups is 1. The number of pyridine rings is 1. The Hall–Kier alpha value is -1.75. The topological polar surface area (TPSA) is 64.1 Å². The number of aromatic nitrogens is 1. The molecule has 0 atom stereocenters. The second-order valence-electron chi connectivity index (χ2n) is 6.76. The zero-order valence-corrected chi connectivity index (χ0v) is 15.9. The fourth-order valence-corrected chi connectivity index (χ4v) is 3.76. The summed E-state index contributed by atoms with van der Waals surface area (Å²) in [5.41, 5.74) is 1.90. The molecule has 25 heavy (non-hydrogen) atoms. The molecule has 0 aliphatic rings. The van der Waals surface area contributed by atoms with Crippen molar-refractivity contribution in [3.63, 3.8) is 0 Å². The van der Waals surface area contributed by atoms with Crippen LogP contribution in [-0.2, 0) is 21.1 Å². The number of rotatable bonds is 10. The number of ketones is 1. The zero-order chi connectivity index (χ0) is 18.3. The number of aryl methyl sites for hydroxylation is 1. The van der Waals surface area contributed by atoms with E-state index in [2.05, 4.69) is 4.98 Å². The SMILES string of the molecule is CC(C)S(=O)(=O)CCCCCC(=O)CCc1ccc2ccccc2n1. The third kappa shape index (κ3) is 6.24. The first-order valence-electron chi connectivity index (χ1n) is 8.96. The Morgan fingerprint density at radius 2 is 1.76 bits per heavy atom. The lowest BCUT2D eigenvalue weighted by Gasteiger charge is -2.07. The van der Waals surface area contributed by atoms with Gasteiger partial charge in [-0.25, -0.2) is 8.42 Å². The van der Waals surface area contributed by atoms with Crippen molar-refractivity contribution in [2.45, 2.75) is 57.6 Å². The number of fused-ring (bicyclic) bond motifs is 1. The van der Waals surface area contributed by atoms with E-state index in [-0.39, 0.29) is 16.8 Å². The third-order valence-electron chi connectivity index (χ3n) is 4.42. The number of nitrogens with zero attached hydrogens (tertiary/aromatic N) is 1. The molecular weight excluding hydrogens is 334 g/mol. The van der Waals surface area contributed by atoms with E-state index in [0.29, 0.717) is 25.7 Å². The normalized spacial score (nSPS) is 12.0. The maximum atomic E-state index is 12.0. The molecule has 2 aromatic rings. The van der Waals surface area contributed by atoms with Gasteiger partial charge in [0.1, 0.15) is 5.78 Å². The van der Waals surface area contributed by atoms with E-state index in [1.807, 2.05) is 36.4 Å². The fourth-order valence-electron chi connectivity index (χ4n) is 2.68. The van der Waals surface area contributed by atoms with Crippen molar-refractivity contribution >= 4 is 26.5 Å². The molecule has 0 N–H and O–H groups in total. The van der Waals surface area contributed by atoms with Crippen molar-refractivity contribution < 1.29 is 13.2 Å². The molecule has 1 heterocycles. The molecule has 0 saturated heterocycles. The van der Waals surface area contributed by atoms with Gasteiger partial charge in [0.25, 0.3) is 0 Å². The molecule has 0 spiro atoms. The molecule has 0 aliphatic carbocycles. The first-order valence-corrected chi connectivity index (χ1v) is 10.7. The molecule has 136 valence electrons. The fraction of sp³-hybridized carbons (Fsp3) is 0.500. The quantitative estimate of drug-likeness (QED) is 0.597. The first-order chi connectivity index (χ1) is 11.9. The highest BCUT2D eigenvalue weighted by molar-refractivity contribution is 7.91. The standard InChI is InChI=1S/C20H27NO3S/c1-16(2)25(23,24)15-7-3-4-9-19(22)14-13-18-12-11-17-8-5-6-10-20(17)21-18/h5-6,8,10-12,16H,3-4,7,9,13-15H2,1-2H3. The summed E-state index contributed by atoms with van der Waals surface area (Å²) in [4.78, 5) is 16.6. The van der Waals surface area contributed by atoms with Gasteiger partial charge in [-0.15, -0.1) is 0 Å². The Bertz CT molecular complexity index is 813. The van der Waals surface area contributed by atoms with Crippen molar-refractivity contribution in [3.8, 4) is 0 Å². The molecule has 0 saturated carbocycles. The molecule has 1 aromatic carbocycles. The van der Waals surface area contributed by atoms with E-state index >= 15 is 0 Å². The Balaban J connectivity index is 1.68. The van der Waals surface area contributed by atoms with Crippen LogP contribution >= 0.6 is 0 Å². The van der Waals surface area contributed by atoms with Crippen molar-refractivity contribution in [2.24, 2.45) is 0 Å². The number of sulfone groups is 1. The molecule has 4 nitrogen and oxygen atoms in total. The summed E-state index contributed by atoms with van der Waals surface area (Å²) < 4.78 is 23.4. The maximum absolute atomic E-state index is 12.0. The molecule has 0 aliphatic heterocycles. The van der Waals surface area contributed by atoms with Gasteiger partial charge in [0.2, 0.25) is 0 Å². The molecule has 0 bridgehead atoms. The Kier molecular flexibility index (Phi) is 7.12. The second kappa shape index (κ2) is 9.09. The monoisotopic (exact) mass is 361 g/mol. The Morgan fingerprint density at radius 3 is 2.52 bits per heavy atom. The largest absolute Gasteiger partial charge is 0.300 e. The molecule has 5 heteroatoms. The predicted molar refractivity (Wildman–Crippen MR) is 102 cm³/mol.